The van der Waals surface area contributed by atoms with Crippen LogP contribution in [0.15, 0.2) is 21.2 Å². The predicted molar refractivity (Wildman–Crippen MR) is 81.4 cm³/mol. The molecule has 0 aromatic carbocycles. The average molecular weight is 380 g/mol. The average Bonchev–Trinajstić information content (AvgIpc) is 2.19. The molecule has 1 rings (SSSR count). The number of pyridine rings is 1. The smallest absolute Gasteiger partial charge is 0.0746 e. The highest BCUT2D eigenvalue weighted by Crippen LogP contribution is 2.20. The molecule has 1 unspecified atom stereocenters. The van der Waals surface area contributed by atoms with E-state index >= 15 is 0 Å². The molecule has 0 spiro atoms. The maximum atomic E-state index is 10.2. The summed E-state index contributed by atoms with van der Waals surface area (Å²) in [6, 6.07) is 1.97. The van der Waals surface area contributed by atoms with Crippen molar-refractivity contribution < 1.29 is 5.11 Å². The van der Waals surface area contributed by atoms with Crippen molar-refractivity contribution in [2.75, 3.05) is 6.54 Å². The van der Waals surface area contributed by atoms with E-state index in [1.54, 1.807) is 6.20 Å². The first-order chi connectivity index (χ1) is 8.30. The lowest BCUT2D eigenvalue weighted by Gasteiger charge is -2.25. The molecule has 18 heavy (non-hydrogen) atoms. The third-order valence-corrected chi connectivity index (χ3v) is 3.65. The summed E-state index contributed by atoms with van der Waals surface area (Å²) in [4.78, 5) is 4.32. The molecule has 1 heterocycles. The van der Waals surface area contributed by atoms with E-state index in [9.17, 15) is 5.11 Å². The van der Waals surface area contributed by atoms with E-state index in [4.69, 9.17) is 0 Å². The molecule has 0 bridgehead atoms. The molecule has 0 aliphatic heterocycles. The van der Waals surface area contributed by atoms with Crippen LogP contribution in [-0.2, 0) is 6.54 Å². The van der Waals surface area contributed by atoms with Gasteiger partial charge in [-0.15, -0.1) is 0 Å². The van der Waals surface area contributed by atoms with Crippen molar-refractivity contribution in [3.05, 3.63) is 26.9 Å². The summed E-state index contributed by atoms with van der Waals surface area (Å²) in [5.74, 6) is 0.486. The first-order valence-electron chi connectivity index (χ1n) is 6.03. The van der Waals surface area contributed by atoms with Gasteiger partial charge in [-0.3, -0.25) is 4.98 Å². The summed E-state index contributed by atoms with van der Waals surface area (Å²) in [6.07, 6.45) is 2.56. The SMILES string of the molecule is CC(C)CC(C)(O)CNCc1ncc(Br)cc1Br. The number of rotatable bonds is 6. The molecule has 0 aliphatic rings. The Kier molecular flexibility index (Phi) is 6.24. The van der Waals surface area contributed by atoms with Gasteiger partial charge in [-0.05, 0) is 57.2 Å². The van der Waals surface area contributed by atoms with Gasteiger partial charge in [0.1, 0.15) is 0 Å². The first kappa shape index (κ1) is 16.1. The molecule has 5 heteroatoms. The van der Waals surface area contributed by atoms with Gasteiger partial charge in [0, 0.05) is 28.2 Å². The molecule has 0 saturated heterocycles. The van der Waals surface area contributed by atoms with Crippen molar-refractivity contribution in [2.45, 2.75) is 39.3 Å². The molecule has 3 nitrogen and oxygen atoms in total. The second-order valence-corrected chi connectivity index (χ2v) is 7.05. The third-order valence-electron chi connectivity index (χ3n) is 2.53. The third kappa shape index (κ3) is 5.78. The number of halogens is 2. The number of nitrogens with one attached hydrogen (secondary N) is 1. The summed E-state index contributed by atoms with van der Waals surface area (Å²) in [5, 5.41) is 13.4. The van der Waals surface area contributed by atoms with Gasteiger partial charge >= 0.3 is 0 Å². The van der Waals surface area contributed by atoms with E-state index in [-0.39, 0.29) is 0 Å². The number of hydrogen-bond acceptors (Lipinski definition) is 3. The molecule has 0 aliphatic carbocycles. The zero-order valence-electron chi connectivity index (χ0n) is 11.0. The molecule has 0 radical (unpaired) electrons. The van der Waals surface area contributed by atoms with E-state index < -0.39 is 5.60 Å². The largest absolute Gasteiger partial charge is 0.389 e. The van der Waals surface area contributed by atoms with Gasteiger partial charge in [0.05, 0.1) is 11.3 Å². The first-order valence-corrected chi connectivity index (χ1v) is 7.62. The lowest BCUT2D eigenvalue weighted by atomic mass is 9.94. The minimum Gasteiger partial charge on any atom is -0.389 e. The number of hydrogen-bond donors (Lipinski definition) is 2. The molecule has 0 saturated carbocycles. The monoisotopic (exact) mass is 378 g/mol. The van der Waals surface area contributed by atoms with Crippen molar-refractivity contribution in [1.82, 2.24) is 10.3 Å². The summed E-state index contributed by atoms with van der Waals surface area (Å²) >= 11 is 6.84. The lowest BCUT2D eigenvalue weighted by Crippen LogP contribution is -2.38. The van der Waals surface area contributed by atoms with Crippen LogP contribution >= 0.6 is 31.9 Å². The Labute approximate surface area is 126 Å². The Morgan fingerprint density at radius 2 is 2.11 bits per heavy atom. The molecule has 1 aromatic rings. The topological polar surface area (TPSA) is 45.1 Å². The van der Waals surface area contributed by atoms with E-state index in [2.05, 4.69) is 56.0 Å². The van der Waals surface area contributed by atoms with Crippen LogP contribution in [0.4, 0.5) is 0 Å². The Hall–Kier alpha value is 0.0300. The van der Waals surface area contributed by atoms with Gasteiger partial charge in [-0.2, -0.15) is 0 Å². The molecular weight excluding hydrogens is 360 g/mol. The van der Waals surface area contributed by atoms with Gasteiger partial charge in [0.15, 0.2) is 0 Å². The minimum absolute atomic E-state index is 0.486. The van der Waals surface area contributed by atoms with Gasteiger partial charge in [-0.1, -0.05) is 13.8 Å². The molecule has 0 fully saturated rings. The van der Waals surface area contributed by atoms with Crippen LogP contribution < -0.4 is 5.32 Å². The molecule has 102 valence electrons. The molecule has 2 N–H and O–H groups in total. The normalized spacial score (nSPS) is 14.8. The highest BCUT2D eigenvalue weighted by atomic mass is 79.9. The number of aromatic nitrogens is 1. The fraction of sp³-hybridized carbons (Fsp3) is 0.615. The number of aliphatic hydroxyl groups is 1. The highest BCUT2D eigenvalue weighted by molar-refractivity contribution is 9.11. The zero-order chi connectivity index (χ0) is 13.8. The van der Waals surface area contributed by atoms with Crippen LogP contribution in [0, 0.1) is 5.92 Å². The maximum Gasteiger partial charge on any atom is 0.0746 e. The summed E-state index contributed by atoms with van der Waals surface area (Å²) in [6.45, 7) is 7.30. The second kappa shape index (κ2) is 6.98. The van der Waals surface area contributed by atoms with Crippen molar-refractivity contribution in [1.29, 1.82) is 0 Å². The summed E-state index contributed by atoms with van der Waals surface area (Å²) < 4.78 is 1.91. The highest BCUT2D eigenvalue weighted by Gasteiger charge is 2.21. The van der Waals surface area contributed by atoms with Gasteiger partial charge < -0.3 is 10.4 Å². The van der Waals surface area contributed by atoms with E-state index in [1.807, 2.05) is 13.0 Å². The van der Waals surface area contributed by atoms with E-state index in [0.717, 1.165) is 21.1 Å². The van der Waals surface area contributed by atoms with E-state index in [0.29, 0.717) is 19.0 Å². The molecule has 1 atom stereocenters. The lowest BCUT2D eigenvalue weighted by molar-refractivity contribution is 0.0382. The quantitative estimate of drug-likeness (QED) is 0.795. The van der Waals surface area contributed by atoms with Gasteiger partial charge in [0.2, 0.25) is 0 Å². The second-order valence-electron chi connectivity index (χ2n) is 5.28. The van der Waals surface area contributed by atoms with Crippen LogP contribution in [0.1, 0.15) is 32.9 Å². The van der Waals surface area contributed by atoms with Crippen LogP contribution in [0.3, 0.4) is 0 Å². The van der Waals surface area contributed by atoms with Gasteiger partial charge in [0.25, 0.3) is 0 Å². The van der Waals surface area contributed by atoms with Crippen LogP contribution in [0.5, 0.6) is 0 Å². The van der Waals surface area contributed by atoms with Crippen molar-refractivity contribution in [3.63, 3.8) is 0 Å². The van der Waals surface area contributed by atoms with Crippen LogP contribution in [-0.4, -0.2) is 22.2 Å². The fourth-order valence-electron chi connectivity index (χ4n) is 1.97. The molecule has 1 aromatic heterocycles. The molecular formula is C13H20Br2N2O. The Balaban J connectivity index is 2.46. The van der Waals surface area contributed by atoms with Crippen molar-refractivity contribution in [2.24, 2.45) is 5.92 Å². The summed E-state index contributed by atoms with van der Waals surface area (Å²) in [7, 11) is 0. The molecule has 0 amide bonds. The van der Waals surface area contributed by atoms with Crippen molar-refractivity contribution >= 4 is 31.9 Å². The van der Waals surface area contributed by atoms with Crippen molar-refractivity contribution in [3.8, 4) is 0 Å². The Morgan fingerprint density at radius 3 is 2.67 bits per heavy atom. The minimum atomic E-state index is -0.671. The zero-order valence-corrected chi connectivity index (χ0v) is 14.2. The number of nitrogens with zero attached hydrogens (tertiary/aromatic N) is 1. The van der Waals surface area contributed by atoms with E-state index in [1.165, 1.54) is 0 Å². The van der Waals surface area contributed by atoms with Crippen LogP contribution in [0.2, 0.25) is 0 Å². The Morgan fingerprint density at radius 1 is 1.44 bits per heavy atom. The maximum absolute atomic E-state index is 10.2. The fourth-order valence-corrected chi connectivity index (χ4v) is 3.10. The van der Waals surface area contributed by atoms with Gasteiger partial charge in [-0.25, -0.2) is 0 Å². The standard InChI is InChI=1S/C13H20Br2N2O/c1-9(2)5-13(3,18)8-16-7-12-11(15)4-10(14)6-17-12/h4,6,9,16,18H,5,7-8H2,1-3H3. The van der Waals surface area contributed by atoms with Crippen LogP contribution in [0.25, 0.3) is 0 Å². The predicted octanol–water partition coefficient (Wildman–Crippen LogP) is 3.49. The summed E-state index contributed by atoms with van der Waals surface area (Å²) in [5.41, 5.74) is 0.272. The Bertz CT molecular complexity index is 395.